The third-order valence-electron chi connectivity index (χ3n) is 2.07. The number of benzene rings is 1. The number of esters is 1. The van der Waals surface area contributed by atoms with Gasteiger partial charge in [0.15, 0.2) is 6.61 Å². The predicted molar refractivity (Wildman–Crippen MR) is 57.2 cm³/mol. The first kappa shape index (κ1) is 12.0. The Morgan fingerprint density at radius 2 is 2.12 bits per heavy atom. The SMILES string of the molecule is CNC(=O)COC(=O)c1cccc(C)c1O. The Hall–Kier alpha value is -2.04. The Kier molecular flexibility index (Phi) is 3.88. The third kappa shape index (κ3) is 2.73. The van der Waals surface area contributed by atoms with E-state index in [2.05, 4.69) is 5.32 Å². The number of carbonyl (C=O) groups is 2. The molecule has 86 valence electrons. The zero-order valence-corrected chi connectivity index (χ0v) is 9.11. The van der Waals surface area contributed by atoms with Crippen LogP contribution in [0.1, 0.15) is 15.9 Å². The number of aromatic hydroxyl groups is 1. The fourth-order valence-corrected chi connectivity index (χ4v) is 1.10. The van der Waals surface area contributed by atoms with Gasteiger partial charge in [-0.3, -0.25) is 4.79 Å². The molecule has 0 unspecified atom stereocenters. The van der Waals surface area contributed by atoms with E-state index in [0.717, 1.165) is 0 Å². The highest BCUT2D eigenvalue weighted by Crippen LogP contribution is 2.21. The largest absolute Gasteiger partial charge is 0.507 e. The van der Waals surface area contributed by atoms with Gasteiger partial charge >= 0.3 is 5.97 Å². The van der Waals surface area contributed by atoms with Gasteiger partial charge in [0.05, 0.1) is 0 Å². The number of ether oxygens (including phenoxy) is 1. The number of carbonyl (C=O) groups excluding carboxylic acids is 2. The lowest BCUT2D eigenvalue weighted by Gasteiger charge is -2.06. The molecular weight excluding hydrogens is 210 g/mol. The fourth-order valence-electron chi connectivity index (χ4n) is 1.10. The molecule has 0 saturated heterocycles. The predicted octanol–water partition coefficient (Wildman–Crippen LogP) is 0.603. The van der Waals surface area contributed by atoms with Gasteiger partial charge in [-0.15, -0.1) is 0 Å². The molecule has 1 aromatic carbocycles. The number of likely N-dealkylation sites (N-methyl/N-ethyl adjacent to an activating group) is 1. The molecule has 0 saturated carbocycles. The van der Waals surface area contributed by atoms with E-state index < -0.39 is 11.9 Å². The molecule has 2 N–H and O–H groups in total. The minimum absolute atomic E-state index is 0.0592. The average molecular weight is 223 g/mol. The van der Waals surface area contributed by atoms with E-state index in [0.29, 0.717) is 5.56 Å². The van der Waals surface area contributed by atoms with Gasteiger partial charge < -0.3 is 15.2 Å². The number of amides is 1. The van der Waals surface area contributed by atoms with Crippen LogP contribution in [0.25, 0.3) is 0 Å². The van der Waals surface area contributed by atoms with Crippen molar-refractivity contribution >= 4 is 11.9 Å². The Morgan fingerprint density at radius 3 is 2.75 bits per heavy atom. The fraction of sp³-hybridized carbons (Fsp3) is 0.273. The summed E-state index contributed by atoms with van der Waals surface area (Å²) in [6.45, 7) is 1.31. The second kappa shape index (κ2) is 5.16. The minimum Gasteiger partial charge on any atom is -0.507 e. The second-order valence-corrected chi connectivity index (χ2v) is 3.22. The van der Waals surface area contributed by atoms with Crippen molar-refractivity contribution in [3.8, 4) is 5.75 Å². The van der Waals surface area contributed by atoms with Crippen LogP contribution in [0.5, 0.6) is 5.75 Å². The number of nitrogens with one attached hydrogen (secondary N) is 1. The van der Waals surface area contributed by atoms with Crippen LogP contribution in [0, 0.1) is 6.92 Å². The lowest BCUT2D eigenvalue weighted by atomic mass is 10.1. The average Bonchev–Trinajstić information content (AvgIpc) is 2.29. The summed E-state index contributed by atoms with van der Waals surface area (Å²) in [6.07, 6.45) is 0. The van der Waals surface area contributed by atoms with E-state index in [1.807, 2.05) is 0 Å². The maximum atomic E-state index is 11.5. The third-order valence-corrected chi connectivity index (χ3v) is 2.07. The van der Waals surface area contributed by atoms with Crippen molar-refractivity contribution in [1.82, 2.24) is 5.32 Å². The van der Waals surface area contributed by atoms with E-state index in [1.165, 1.54) is 13.1 Å². The normalized spacial score (nSPS) is 9.62. The number of rotatable bonds is 3. The molecule has 0 radical (unpaired) electrons. The zero-order valence-electron chi connectivity index (χ0n) is 9.11. The number of aryl methyl sites for hydroxylation is 1. The standard InChI is InChI=1S/C11H13NO4/c1-7-4-3-5-8(10(7)14)11(15)16-6-9(13)12-2/h3-5,14H,6H2,1-2H3,(H,12,13). The molecule has 1 amide bonds. The number of phenols is 1. The van der Waals surface area contributed by atoms with Crippen molar-refractivity contribution in [2.75, 3.05) is 13.7 Å². The monoisotopic (exact) mass is 223 g/mol. The lowest BCUT2D eigenvalue weighted by Crippen LogP contribution is -2.25. The summed E-state index contributed by atoms with van der Waals surface area (Å²) in [4.78, 5) is 22.3. The van der Waals surface area contributed by atoms with Gasteiger partial charge in [-0.05, 0) is 18.6 Å². The molecular formula is C11H13NO4. The Balaban J connectivity index is 2.74. The van der Waals surface area contributed by atoms with Crippen LogP contribution >= 0.6 is 0 Å². The van der Waals surface area contributed by atoms with Gasteiger partial charge in [0.1, 0.15) is 11.3 Å². The highest BCUT2D eigenvalue weighted by molar-refractivity contribution is 5.94. The summed E-state index contributed by atoms with van der Waals surface area (Å²) >= 11 is 0. The molecule has 16 heavy (non-hydrogen) atoms. The van der Waals surface area contributed by atoms with Gasteiger partial charge in [-0.2, -0.15) is 0 Å². The van der Waals surface area contributed by atoms with Crippen molar-refractivity contribution in [2.45, 2.75) is 6.92 Å². The lowest BCUT2D eigenvalue weighted by molar-refractivity contribution is -0.123. The van der Waals surface area contributed by atoms with Crippen molar-refractivity contribution in [2.24, 2.45) is 0 Å². The molecule has 0 atom stereocenters. The van der Waals surface area contributed by atoms with Crippen molar-refractivity contribution in [1.29, 1.82) is 0 Å². The van der Waals surface area contributed by atoms with Crippen molar-refractivity contribution in [3.05, 3.63) is 29.3 Å². The Morgan fingerprint density at radius 1 is 1.44 bits per heavy atom. The second-order valence-electron chi connectivity index (χ2n) is 3.22. The van der Waals surface area contributed by atoms with E-state index >= 15 is 0 Å². The molecule has 1 rings (SSSR count). The van der Waals surface area contributed by atoms with Crippen LogP contribution in [0.15, 0.2) is 18.2 Å². The van der Waals surface area contributed by atoms with Crippen LogP contribution in [-0.4, -0.2) is 30.6 Å². The van der Waals surface area contributed by atoms with E-state index in [-0.39, 0.29) is 17.9 Å². The molecule has 0 bridgehead atoms. The molecule has 0 aliphatic heterocycles. The maximum Gasteiger partial charge on any atom is 0.342 e. The highest BCUT2D eigenvalue weighted by Gasteiger charge is 2.14. The van der Waals surface area contributed by atoms with Crippen LogP contribution in [0.2, 0.25) is 0 Å². The molecule has 5 nitrogen and oxygen atoms in total. The van der Waals surface area contributed by atoms with E-state index in [1.54, 1.807) is 19.1 Å². The Labute approximate surface area is 93.0 Å². The van der Waals surface area contributed by atoms with Gasteiger partial charge in [0.2, 0.25) is 0 Å². The van der Waals surface area contributed by atoms with Crippen LogP contribution in [-0.2, 0) is 9.53 Å². The number of hydrogen-bond acceptors (Lipinski definition) is 4. The molecule has 0 aromatic heterocycles. The number of para-hydroxylation sites is 1. The summed E-state index contributed by atoms with van der Waals surface area (Å²) in [5.74, 6) is -1.24. The summed E-state index contributed by atoms with van der Waals surface area (Å²) < 4.78 is 4.71. The number of hydrogen-bond donors (Lipinski definition) is 2. The van der Waals surface area contributed by atoms with Crippen molar-refractivity contribution < 1.29 is 19.4 Å². The minimum atomic E-state index is -0.718. The van der Waals surface area contributed by atoms with Gasteiger partial charge in [0, 0.05) is 7.05 Å². The van der Waals surface area contributed by atoms with E-state index in [4.69, 9.17) is 4.74 Å². The topological polar surface area (TPSA) is 75.6 Å². The summed E-state index contributed by atoms with van der Waals surface area (Å²) in [5, 5.41) is 11.9. The summed E-state index contributed by atoms with van der Waals surface area (Å²) in [7, 11) is 1.44. The number of phenolic OH excluding ortho intramolecular Hbond substituents is 1. The molecule has 1 aromatic rings. The quantitative estimate of drug-likeness (QED) is 0.736. The van der Waals surface area contributed by atoms with Gasteiger partial charge in [-0.1, -0.05) is 12.1 Å². The molecule has 0 fully saturated rings. The van der Waals surface area contributed by atoms with Crippen LogP contribution in [0.4, 0.5) is 0 Å². The van der Waals surface area contributed by atoms with Crippen LogP contribution < -0.4 is 5.32 Å². The molecule has 0 heterocycles. The molecule has 5 heteroatoms. The first-order valence-electron chi connectivity index (χ1n) is 4.72. The molecule has 0 spiro atoms. The van der Waals surface area contributed by atoms with E-state index in [9.17, 15) is 14.7 Å². The van der Waals surface area contributed by atoms with Gasteiger partial charge in [0.25, 0.3) is 5.91 Å². The summed E-state index contributed by atoms with van der Waals surface area (Å²) in [5.41, 5.74) is 0.637. The molecule has 0 aliphatic carbocycles. The van der Waals surface area contributed by atoms with Crippen LogP contribution in [0.3, 0.4) is 0 Å². The first-order chi connectivity index (χ1) is 7.56. The zero-order chi connectivity index (χ0) is 12.1. The molecule has 0 aliphatic rings. The van der Waals surface area contributed by atoms with Crippen molar-refractivity contribution in [3.63, 3.8) is 0 Å². The summed E-state index contributed by atoms with van der Waals surface area (Å²) in [6, 6.07) is 4.74. The smallest absolute Gasteiger partial charge is 0.342 e. The van der Waals surface area contributed by atoms with Gasteiger partial charge in [-0.25, -0.2) is 4.79 Å². The Bertz CT molecular complexity index is 414. The maximum absolute atomic E-state index is 11.5. The highest BCUT2D eigenvalue weighted by atomic mass is 16.5. The first-order valence-corrected chi connectivity index (χ1v) is 4.72.